The summed E-state index contributed by atoms with van der Waals surface area (Å²) in [4.78, 5) is 4.16. The lowest BCUT2D eigenvalue weighted by molar-refractivity contribution is -0.445. The van der Waals surface area contributed by atoms with Gasteiger partial charge in [0, 0.05) is 19.6 Å². The van der Waals surface area contributed by atoms with Gasteiger partial charge < -0.3 is 14.2 Å². The number of hydrogen-bond donors (Lipinski definition) is 0. The zero-order valence-corrected chi connectivity index (χ0v) is 23.1. The van der Waals surface area contributed by atoms with Crippen molar-refractivity contribution >= 4 is 0 Å². The Morgan fingerprint density at radius 3 is 1.83 bits per heavy atom. The molecule has 0 atom stereocenters. The first-order chi connectivity index (χ1) is 19.8. The van der Waals surface area contributed by atoms with Crippen molar-refractivity contribution in [3.05, 3.63) is 72.3 Å². The van der Waals surface area contributed by atoms with Gasteiger partial charge in [-0.15, -0.1) is 0 Å². The van der Waals surface area contributed by atoms with Crippen LogP contribution in [0.5, 0.6) is 11.5 Å². The number of alkyl halides is 3. The molecule has 0 N–H and O–H groups in total. The summed E-state index contributed by atoms with van der Waals surface area (Å²) in [6.07, 6.45) is 1.44. The highest BCUT2D eigenvalue weighted by Crippen LogP contribution is 2.39. The maximum Gasteiger partial charge on any atom is 0.389 e. The molecule has 0 unspecified atom stereocenters. The van der Waals surface area contributed by atoms with Crippen LogP contribution in [0.3, 0.4) is 0 Å². The van der Waals surface area contributed by atoms with Crippen LogP contribution >= 0.6 is 0 Å². The number of unbranched alkanes of at least 4 members (excludes halogenated alkanes) is 1. The quantitative estimate of drug-likeness (QED) is 0.0629. The largest absolute Gasteiger partial charge is 0.467 e. The molecule has 0 aliphatic heterocycles. The van der Waals surface area contributed by atoms with Gasteiger partial charge in [0.15, 0.2) is 6.79 Å². The third-order valence-corrected chi connectivity index (χ3v) is 7.64. The molecule has 222 valence electrons. The van der Waals surface area contributed by atoms with Gasteiger partial charge in [0.2, 0.25) is 6.79 Å². The molecule has 1 saturated carbocycles. The highest BCUT2D eigenvalue weighted by molar-refractivity contribution is 5.72. The second kappa shape index (κ2) is 15.2. The monoisotopic (exact) mass is 576 g/mol. The molecule has 0 spiro atoms. The average molecular weight is 577 g/mol. The Morgan fingerprint density at radius 2 is 1.27 bits per heavy atom. The van der Waals surface area contributed by atoms with Crippen LogP contribution in [0.2, 0.25) is 0 Å². The molecule has 0 radical (unpaired) electrons. The lowest BCUT2D eigenvalue weighted by Gasteiger charge is -2.29. The Labute approximate surface area is 238 Å². The number of hydrogen-bond acceptors (Lipinski definition) is 5. The molecular weight excluding hydrogens is 540 g/mol. The van der Waals surface area contributed by atoms with E-state index in [9.17, 15) is 17.7 Å². The third kappa shape index (κ3) is 9.73. The van der Waals surface area contributed by atoms with Gasteiger partial charge in [0.1, 0.15) is 11.5 Å². The standard InChI is InChI=1S/C32H36F4O5/c1-37-21-38-30-18-29(19-31(20-30)39-22-40-41-36)28-15-13-27(14-16-28)26-11-9-25(10-12-26)24-7-5-23(6-8-24)4-2-3-17-32(33,34)35/h9-16,18-20,23-24H,2-8,17,21-22H2,1H3. The van der Waals surface area contributed by atoms with E-state index in [1.165, 1.54) is 12.7 Å². The van der Waals surface area contributed by atoms with Gasteiger partial charge in [0.25, 0.3) is 0 Å². The van der Waals surface area contributed by atoms with Crippen molar-refractivity contribution in [2.75, 3.05) is 20.7 Å². The van der Waals surface area contributed by atoms with Crippen LogP contribution in [0.25, 0.3) is 22.3 Å². The first-order valence-corrected chi connectivity index (χ1v) is 13.9. The van der Waals surface area contributed by atoms with E-state index in [0.717, 1.165) is 54.4 Å². The molecule has 9 heteroatoms. The molecule has 41 heavy (non-hydrogen) atoms. The van der Waals surface area contributed by atoms with Crippen LogP contribution in [-0.2, 0) is 14.7 Å². The normalized spacial score (nSPS) is 17.4. The molecular formula is C32H36F4O5. The fourth-order valence-corrected chi connectivity index (χ4v) is 5.49. The minimum atomic E-state index is -4.04. The lowest BCUT2D eigenvalue weighted by Crippen LogP contribution is -2.14. The average Bonchev–Trinajstić information content (AvgIpc) is 2.98. The van der Waals surface area contributed by atoms with Gasteiger partial charge in [-0.3, -0.25) is 0 Å². The molecule has 0 bridgehead atoms. The van der Waals surface area contributed by atoms with Crippen LogP contribution in [0.4, 0.5) is 17.7 Å². The highest BCUT2D eigenvalue weighted by Gasteiger charge is 2.27. The second-order valence-corrected chi connectivity index (χ2v) is 10.5. The second-order valence-electron chi connectivity index (χ2n) is 10.5. The SMILES string of the molecule is COCOc1cc(OCOOF)cc(-c2ccc(-c3ccc(C4CCC(CCCCC(F)(F)F)CC4)cc3)cc2)c1. The van der Waals surface area contributed by atoms with E-state index >= 15 is 0 Å². The summed E-state index contributed by atoms with van der Waals surface area (Å²) >= 11 is 0. The van der Waals surface area contributed by atoms with Gasteiger partial charge >= 0.3 is 6.18 Å². The summed E-state index contributed by atoms with van der Waals surface area (Å²) < 4.78 is 64.8. The molecule has 3 aromatic carbocycles. The third-order valence-electron chi connectivity index (χ3n) is 7.64. The van der Waals surface area contributed by atoms with Crippen LogP contribution in [-0.4, -0.2) is 26.9 Å². The van der Waals surface area contributed by atoms with E-state index in [1.54, 1.807) is 12.1 Å². The maximum atomic E-state index is 12.4. The minimum absolute atomic E-state index is 0.0642. The van der Waals surface area contributed by atoms with E-state index in [-0.39, 0.29) is 13.2 Å². The Hall–Kier alpha value is -3.14. The summed E-state index contributed by atoms with van der Waals surface area (Å²) in [6.45, 7) is -0.361. The highest BCUT2D eigenvalue weighted by atomic mass is 19.4. The van der Waals surface area contributed by atoms with Crippen molar-refractivity contribution in [2.24, 2.45) is 5.92 Å². The molecule has 1 aliphatic rings. The molecule has 5 nitrogen and oxygen atoms in total. The summed E-state index contributed by atoms with van der Waals surface area (Å²) in [5.74, 6) is 1.99. The number of rotatable bonds is 14. The maximum absolute atomic E-state index is 12.4. The Morgan fingerprint density at radius 1 is 0.707 bits per heavy atom. The number of ether oxygens (including phenoxy) is 3. The molecule has 4 rings (SSSR count). The van der Waals surface area contributed by atoms with E-state index in [4.69, 9.17) is 14.2 Å². The van der Waals surface area contributed by atoms with E-state index < -0.39 is 19.4 Å². The molecule has 0 amide bonds. The van der Waals surface area contributed by atoms with Crippen molar-refractivity contribution in [1.82, 2.24) is 0 Å². The van der Waals surface area contributed by atoms with Crippen molar-refractivity contribution in [2.45, 2.75) is 63.5 Å². The zero-order chi connectivity index (χ0) is 29.1. The van der Waals surface area contributed by atoms with Crippen molar-refractivity contribution in [1.29, 1.82) is 0 Å². The fraction of sp³-hybridized carbons (Fsp3) is 0.438. The van der Waals surface area contributed by atoms with Crippen LogP contribution < -0.4 is 9.47 Å². The zero-order valence-electron chi connectivity index (χ0n) is 23.1. The smallest absolute Gasteiger partial charge is 0.389 e. The minimum Gasteiger partial charge on any atom is -0.467 e. The van der Waals surface area contributed by atoms with E-state index in [0.29, 0.717) is 29.8 Å². The topological polar surface area (TPSA) is 46.2 Å². The molecule has 1 aliphatic carbocycles. The summed E-state index contributed by atoms with van der Waals surface area (Å²) in [5.41, 5.74) is 5.30. The van der Waals surface area contributed by atoms with Crippen LogP contribution in [0.1, 0.15) is 62.8 Å². The molecule has 0 heterocycles. The molecule has 0 aromatic heterocycles. The first-order valence-electron chi connectivity index (χ1n) is 13.9. The predicted octanol–water partition coefficient (Wildman–Crippen LogP) is 9.57. The van der Waals surface area contributed by atoms with Crippen molar-refractivity contribution < 1.29 is 41.9 Å². The van der Waals surface area contributed by atoms with Crippen molar-refractivity contribution in [3.8, 4) is 33.8 Å². The van der Waals surface area contributed by atoms with Gasteiger partial charge in [-0.05, 0) is 93.5 Å². The fourth-order valence-electron chi connectivity index (χ4n) is 5.49. The van der Waals surface area contributed by atoms with Crippen LogP contribution in [0, 0.1) is 5.92 Å². The van der Waals surface area contributed by atoms with Gasteiger partial charge in [0.05, 0.1) is 0 Å². The van der Waals surface area contributed by atoms with E-state index in [2.05, 4.69) is 46.4 Å². The molecule has 1 fully saturated rings. The van der Waals surface area contributed by atoms with Crippen LogP contribution in [0.15, 0.2) is 66.7 Å². The van der Waals surface area contributed by atoms with Gasteiger partial charge in [-0.25, -0.2) is 0 Å². The number of halogens is 4. The summed E-state index contributed by atoms with van der Waals surface area (Å²) in [6, 6.07) is 22.1. The number of methoxy groups -OCH3 is 1. The van der Waals surface area contributed by atoms with Gasteiger partial charge in [-0.2, -0.15) is 18.1 Å². The first kappa shape index (κ1) is 30.8. The lowest BCUT2D eigenvalue weighted by atomic mass is 9.77. The Kier molecular flexibility index (Phi) is 11.4. The molecule has 3 aromatic rings. The van der Waals surface area contributed by atoms with Crippen molar-refractivity contribution in [3.63, 3.8) is 0 Å². The Balaban J connectivity index is 1.34. The van der Waals surface area contributed by atoms with E-state index in [1.807, 2.05) is 18.2 Å². The summed E-state index contributed by atoms with van der Waals surface area (Å²) in [5, 5.41) is 3.09. The Bertz CT molecular complexity index is 1190. The van der Waals surface area contributed by atoms with Gasteiger partial charge in [-0.1, -0.05) is 61.4 Å². The summed E-state index contributed by atoms with van der Waals surface area (Å²) in [7, 11) is 1.53. The molecule has 0 saturated heterocycles. The number of benzene rings is 3. The predicted molar refractivity (Wildman–Crippen MR) is 148 cm³/mol.